The second kappa shape index (κ2) is 5.82. The third-order valence-corrected chi connectivity index (χ3v) is 1.97. The molecule has 0 saturated carbocycles. The molecule has 0 radical (unpaired) electrons. The van der Waals surface area contributed by atoms with Crippen molar-refractivity contribution in [3.8, 4) is 11.8 Å². The quantitative estimate of drug-likeness (QED) is 0.371. The minimum Gasteiger partial charge on any atom is -0.345 e. The molecule has 7 heteroatoms. The van der Waals surface area contributed by atoms with Crippen molar-refractivity contribution in [2.75, 3.05) is 6.54 Å². The van der Waals surface area contributed by atoms with Gasteiger partial charge in [-0.3, -0.25) is 14.9 Å². The van der Waals surface area contributed by atoms with Crippen LogP contribution in [0.25, 0.3) is 0 Å². The lowest BCUT2D eigenvalue weighted by Crippen LogP contribution is -2.19. The van der Waals surface area contributed by atoms with Crippen molar-refractivity contribution in [3.05, 3.63) is 33.1 Å². The predicted octanol–water partition coefficient (Wildman–Crippen LogP) is 1.13. The summed E-state index contributed by atoms with van der Waals surface area (Å²) >= 11 is 5.54. The second-order valence-corrected chi connectivity index (χ2v) is 3.36. The van der Waals surface area contributed by atoms with Gasteiger partial charge in [-0.05, 0) is 0 Å². The molecule has 0 aliphatic carbocycles. The number of amides is 1. The number of halogens is 1. The molecule has 0 fully saturated rings. The highest BCUT2D eigenvalue weighted by atomic mass is 35.5. The summed E-state index contributed by atoms with van der Waals surface area (Å²) in [6, 6.07) is 1.23. The number of aromatic nitrogens is 1. The summed E-state index contributed by atoms with van der Waals surface area (Å²) in [6.45, 7) is 1.54. The van der Waals surface area contributed by atoms with E-state index in [9.17, 15) is 14.9 Å². The van der Waals surface area contributed by atoms with E-state index >= 15 is 0 Å². The van der Waals surface area contributed by atoms with Crippen LogP contribution in [0.15, 0.2) is 12.3 Å². The van der Waals surface area contributed by atoms with Crippen molar-refractivity contribution >= 4 is 23.2 Å². The first-order valence-electron chi connectivity index (χ1n) is 4.54. The lowest BCUT2D eigenvalue weighted by molar-refractivity contribution is -0.385. The summed E-state index contributed by atoms with van der Waals surface area (Å²) in [6.07, 6.45) is 1.33. The number of hydrogen-bond donors (Lipinski definition) is 1. The van der Waals surface area contributed by atoms with E-state index in [0.717, 1.165) is 0 Å². The lowest BCUT2D eigenvalue weighted by Gasteiger charge is -1.95. The van der Waals surface area contributed by atoms with Gasteiger partial charge in [0.2, 0.25) is 11.1 Å². The molecular formula is C10H8ClN3O3. The molecule has 1 amide bonds. The fourth-order valence-electron chi connectivity index (χ4n) is 0.948. The van der Waals surface area contributed by atoms with E-state index in [2.05, 4.69) is 22.1 Å². The Kier molecular flexibility index (Phi) is 4.43. The third-order valence-electron chi connectivity index (χ3n) is 1.68. The van der Waals surface area contributed by atoms with Gasteiger partial charge >= 0.3 is 5.69 Å². The van der Waals surface area contributed by atoms with E-state index in [1.807, 2.05) is 0 Å². The van der Waals surface area contributed by atoms with Gasteiger partial charge in [0, 0.05) is 24.8 Å². The molecule has 0 bridgehead atoms. The highest BCUT2D eigenvalue weighted by Gasteiger charge is 2.13. The van der Waals surface area contributed by atoms with Gasteiger partial charge in [0.25, 0.3) is 0 Å². The molecule has 0 atom stereocenters. The summed E-state index contributed by atoms with van der Waals surface area (Å²) < 4.78 is 0. The smallest absolute Gasteiger partial charge is 0.307 e. The number of hydrogen-bond acceptors (Lipinski definition) is 4. The Morgan fingerprint density at radius 1 is 1.71 bits per heavy atom. The van der Waals surface area contributed by atoms with Crippen molar-refractivity contribution in [3.63, 3.8) is 0 Å². The van der Waals surface area contributed by atoms with Crippen LogP contribution in [-0.4, -0.2) is 22.4 Å². The van der Waals surface area contributed by atoms with Gasteiger partial charge in [0.05, 0.1) is 11.5 Å². The molecule has 0 aliphatic heterocycles. The molecule has 17 heavy (non-hydrogen) atoms. The van der Waals surface area contributed by atoms with Crippen molar-refractivity contribution in [1.29, 1.82) is 0 Å². The Morgan fingerprint density at radius 3 is 3.00 bits per heavy atom. The largest absolute Gasteiger partial charge is 0.345 e. The molecule has 1 aromatic heterocycles. The van der Waals surface area contributed by atoms with E-state index in [4.69, 9.17) is 11.6 Å². The molecule has 0 spiro atoms. The third kappa shape index (κ3) is 4.09. The number of rotatable bonds is 2. The van der Waals surface area contributed by atoms with E-state index in [-0.39, 0.29) is 23.3 Å². The van der Waals surface area contributed by atoms with Gasteiger partial charge in [-0.1, -0.05) is 23.4 Å². The Hall–Kier alpha value is -2.13. The zero-order chi connectivity index (χ0) is 12.8. The van der Waals surface area contributed by atoms with Gasteiger partial charge in [-0.2, -0.15) is 0 Å². The number of carbonyl (C=O) groups is 1. The summed E-state index contributed by atoms with van der Waals surface area (Å²) in [4.78, 5) is 24.1. The zero-order valence-corrected chi connectivity index (χ0v) is 9.61. The number of pyridine rings is 1. The highest BCUT2D eigenvalue weighted by Crippen LogP contribution is 2.21. The van der Waals surface area contributed by atoms with Crippen LogP contribution < -0.4 is 5.32 Å². The van der Waals surface area contributed by atoms with Crippen LogP contribution >= 0.6 is 11.6 Å². The monoisotopic (exact) mass is 253 g/mol. The minimum atomic E-state index is -0.631. The Balaban J connectivity index is 2.82. The van der Waals surface area contributed by atoms with Crippen LogP contribution in [-0.2, 0) is 4.79 Å². The van der Waals surface area contributed by atoms with E-state index < -0.39 is 4.92 Å². The minimum absolute atomic E-state index is 0.172. The number of nitrogens with one attached hydrogen (secondary N) is 1. The molecule has 1 N–H and O–H groups in total. The topological polar surface area (TPSA) is 85.1 Å². The first kappa shape index (κ1) is 12.9. The van der Waals surface area contributed by atoms with Crippen molar-refractivity contribution in [2.24, 2.45) is 0 Å². The van der Waals surface area contributed by atoms with Crippen molar-refractivity contribution in [2.45, 2.75) is 6.92 Å². The Bertz CT molecular complexity index is 519. The Labute approximate surface area is 102 Å². The molecule has 1 heterocycles. The summed E-state index contributed by atoms with van der Waals surface area (Å²) in [5, 5.41) is 12.9. The maximum Gasteiger partial charge on any atom is 0.307 e. The van der Waals surface area contributed by atoms with Gasteiger partial charge in [-0.25, -0.2) is 4.98 Å². The average Bonchev–Trinajstić information content (AvgIpc) is 2.25. The summed E-state index contributed by atoms with van der Waals surface area (Å²) in [5.74, 6) is 5.07. The number of nitrogens with zero attached hydrogens (tertiary/aromatic N) is 2. The van der Waals surface area contributed by atoms with Gasteiger partial charge in [0.15, 0.2) is 0 Å². The molecule has 6 nitrogen and oxygen atoms in total. The zero-order valence-electron chi connectivity index (χ0n) is 8.86. The maximum absolute atomic E-state index is 10.6. The van der Waals surface area contributed by atoms with Crippen LogP contribution in [0.5, 0.6) is 0 Å². The fourth-order valence-corrected chi connectivity index (χ4v) is 1.12. The number of nitro groups is 1. The maximum atomic E-state index is 10.6. The molecule has 0 unspecified atom stereocenters. The molecule has 0 saturated heterocycles. The van der Waals surface area contributed by atoms with Crippen LogP contribution in [0, 0.1) is 22.0 Å². The van der Waals surface area contributed by atoms with Gasteiger partial charge < -0.3 is 5.32 Å². The second-order valence-electron chi connectivity index (χ2n) is 3.00. The average molecular weight is 254 g/mol. The van der Waals surface area contributed by atoms with Crippen LogP contribution in [0.1, 0.15) is 12.5 Å². The SMILES string of the molecule is CC(=O)NCC#Cc1cnc(Cl)c([N+](=O)[O-])c1. The molecule has 1 rings (SSSR count). The van der Waals surface area contributed by atoms with Gasteiger partial charge in [-0.15, -0.1) is 0 Å². The van der Waals surface area contributed by atoms with Crippen LogP contribution in [0.3, 0.4) is 0 Å². The summed E-state index contributed by atoms with van der Waals surface area (Å²) in [5.41, 5.74) is 0.0736. The predicted molar refractivity (Wildman–Crippen MR) is 61.5 cm³/mol. The highest BCUT2D eigenvalue weighted by molar-refractivity contribution is 6.31. The standard InChI is InChI=1S/C10H8ClN3O3/c1-7(15)12-4-2-3-8-5-9(14(16)17)10(11)13-6-8/h5-6H,4H2,1H3,(H,12,15). The van der Waals surface area contributed by atoms with Crippen molar-refractivity contribution in [1.82, 2.24) is 10.3 Å². The van der Waals surface area contributed by atoms with E-state index in [0.29, 0.717) is 5.56 Å². The Morgan fingerprint density at radius 2 is 2.41 bits per heavy atom. The van der Waals surface area contributed by atoms with Crippen LogP contribution in [0.4, 0.5) is 5.69 Å². The normalized spacial score (nSPS) is 9.06. The van der Waals surface area contributed by atoms with Gasteiger partial charge in [0.1, 0.15) is 0 Å². The molecular weight excluding hydrogens is 246 g/mol. The molecule has 1 aromatic rings. The molecule has 0 aromatic carbocycles. The van der Waals surface area contributed by atoms with E-state index in [1.54, 1.807) is 0 Å². The summed E-state index contributed by atoms with van der Waals surface area (Å²) in [7, 11) is 0. The first-order chi connectivity index (χ1) is 8.00. The van der Waals surface area contributed by atoms with E-state index in [1.165, 1.54) is 19.2 Å². The molecule has 88 valence electrons. The van der Waals surface area contributed by atoms with Crippen LogP contribution in [0.2, 0.25) is 5.15 Å². The fraction of sp³-hybridized carbons (Fsp3) is 0.200. The number of carbonyl (C=O) groups excluding carboxylic acids is 1. The lowest BCUT2D eigenvalue weighted by atomic mass is 10.2. The molecule has 0 aliphatic rings. The van der Waals surface area contributed by atoms with Crippen molar-refractivity contribution < 1.29 is 9.72 Å². The first-order valence-corrected chi connectivity index (χ1v) is 4.91.